The average Bonchev–Trinajstić information content (AvgIpc) is 2.86. The molecule has 122 valence electrons. The van der Waals surface area contributed by atoms with E-state index in [1.165, 1.54) is 16.7 Å². The van der Waals surface area contributed by atoms with Crippen molar-refractivity contribution in [2.75, 3.05) is 13.7 Å². The molecule has 1 aliphatic heterocycles. The fourth-order valence-electron chi connectivity index (χ4n) is 2.55. The Bertz CT molecular complexity index is 797. The number of imide groups is 1. The van der Waals surface area contributed by atoms with Gasteiger partial charge < -0.3 is 4.74 Å². The van der Waals surface area contributed by atoms with Gasteiger partial charge in [-0.3, -0.25) is 14.5 Å². The molecule has 0 saturated carbocycles. The van der Waals surface area contributed by atoms with Gasteiger partial charge in [-0.05, 0) is 36.8 Å². The van der Waals surface area contributed by atoms with Gasteiger partial charge in [0.05, 0.1) is 17.6 Å². The summed E-state index contributed by atoms with van der Waals surface area (Å²) in [6, 6.07) is 16.8. The maximum atomic E-state index is 12.7. The van der Waals surface area contributed by atoms with Crippen LogP contribution in [-0.4, -0.2) is 30.4 Å². The Morgan fingerprint density at radius 3 is 2.21 bits per heavy atom. The molecule has 0 spiro atoms. The van der Waals surface area contributed by atoms with Gasteiger partial charge in [0.25, 0.3) is 11.8 Å². The lowest BCUT2D eigenvalue weighted by Crippen LogP contribution is -2.31. The van der Waals surface area contributed by atoms with E-state index < -0.39 is 0 Å². The van der Waals surface area contributed by atoms with Crippen molar-refractivity contribution in [1.29, 1.82) is 0 Å². The van der Waals surface area contributed by atoms with Crippen LogP contribution in [0.4, 0.5) is 0 Å². The van der Waals surface area contributed by atoms with Crippen molar-refractivity contribution in [3.63, 3.8) is 0 Å². The summed E-state index contributed by atoms with van der Waals surface area (Å²) in [7, 11) is 1.59. The van der Waals surface area contributed by atoms with Gasteiger partial charge in [0.2, 0.25) is 0 Å². The van der Waals surface area contributed by atoms with Crippen molar-refractivity contribution < 1.29 is 14.3 Å². The first kappa shape index (κ1) is 16.3. The Balaban J connectivity index is 2.06. The molecular formula is C19H17NO3S. The average molecular weight is 339 g/mol. The van der Waals surface area contributed by atoms with E-state index in [1.807, 2.05) is 42.5 Å². The highest BCUT2D eigenvalue weighted by Crippen LogP contribution is 2.39. The zero-order chi connectivity index (χ0) is 17.1. The zero-order valence-corrected chi connectivity index (χ0v) is 14.3. The number of hydrogen-bond donors (Lipinski definition) is 0. The number of rotatable bonds is 5. The van der Waals surface area contributed by atoms with Crippen LogP contribution in [0.3, 0.4) is 0 Å². The van der Waals surface area contributed by atoms with Crippen molar-refractivity contribution in [2.24, 2.45) is 0 Å². The highest BCUT2D eigenvalue weighted by Gasteiger charge is 2.38. The van der Waals surface area contributed by atoms with Gasteiger partial charge >= 0.3 is 0 Å². The van der Waals surface area contributed by atoms with E-state index in [9.17, 15) is 9.59 Å². The van der Waals surface area contributed by atoms with E-state index in [0.29, 0.717) is 22.8 Å². The number of benzene rings is 2. The first-order valence-electron chi connectivity index (χ1n) is 7.63. The quantitative estimate of drug-likeness (QED) is 0.781. The summed E-state index contributed by atoms with van der Waals surface area (Å²) >= 11 is 1.33. The molecule has 2 amide bonds. The van der Waals surface area contributed by atoms with Crippen LogP contribution in [0, 0.1) is 0 Å². The molecule has 0 N–H and O–H groups in total. The summed E-state index contributed by atoms with van der Waals surface area (Å²) in [4.78, 5) is 28.0. The standard InChI is InChI=1S/C19H17NO3S/c1-3-20-18(21)16(13-9-11-14(23-2)12-10-13)17(19(20)22)24-15-7-5-4-6-8-15/h4-12H,3H2,1-2H3. The number of methoxy groups -OCH3 is 1. The molecule has 0 aromatic heterocycles. The second-order valence-electron chi connectivity index (χ2n) is 5.20. The van der Waals surface area contributed by atoms with Crippen molar-refractivity contribution in [1.82, 2.24) is 4.90 Å². The molecule has 0 saturated heterocycles. The number of carbonyl (C=O) groups is 2. The van der Waals surface area contributed by atoms with Crippen LogP contribution < -0.4 is 4.74 Å². The van der Waals surface area contributed by atoms with Gasteiger partial charge in [0.15, 0.2) is 0 Å². The number of hydrogen-bond acceptors (Lipinski definition) is 4. The Morgan fingerprint density at radius 1 is 0.958 bits per heavy atom. The van der Waals surface area contributed by atoms with E-state index in [4.69, 9.17) is 4.74 Å². The van der Waals surface area contributed by atoms with Crippen LogP contribution in [0.1, 0.15) is 12.5 Å². The molecule has 1 heterocycles. The summed E-state index contributed by atoms with van der Waals surface area (Å²) < 4.78 is 5.16. The molecule has 0 atom stereocenters. The van der Waals surface area contributed by atoms with Crippen LogP contribution in [0.2, 0.25) is 0 Å². The lowest BCUT2D eigenvalue weighted by atomic mass is 10.1. The topological polar surface area (TPSA) is 46.6 Å². The maximum absolute atomic E-state index is 12.7. The van der Waals surface area contributed by atoms with Crippen LogP contribution in [0.25, 0.3) is 5.57 Å². The van der Waals surface area contributed by atoms with Crippen LogP contribution >= 0.6 is 11.8 Å². The molecular weight excluding hydrogens is 322 g/mol. The second kappa shape index (κ2) is 6.93. The minimum atomic E-state index is -0.244. The largest absolute Gasteiger partial charge is 0.497 e. The lowest BCUT2D eigenvalue weighted by molar-refractivity contribution is -0.136. The van der Waals surface area contributed by atoms with Crippen LogP contribution in [-0.2, 0) is 9.59 Å². The summed E-state index contributed by atoms with van der Waals surface area (Å²) in [5.41, 5.74) is 1.18. The van der Waals surface area contributed by atoms with Crippen molar-refractivity contribution in [3.05, 3.63) is 65.1 Å². The molecule has 0 fully saturated rings. The van der Waals surface area contributed by atoms with Gasteiger partial charge in [0, 0.05) is 11.4 Å². The molecule has 0 radical (unpaired) electrons. The Kier molecular flexibility index (Phi) is 4.71. The third kappa shape index (κ3) is 2.95. The molecule has 3 rings (SSSR count). The number of nitrogens with zero attached hydrogens (tertiary/aromatic N) is 1. The molecule has 0 bridgehead atoms. The maximum Gasteiger partial charge on any atom is 0.268 e. The number of thioether (sulfide) groups is 1. The normalized spacial score (nSPS) is 14.5. The van der Waals surface area contributed by atoms with E-state index in [1.54, 1.807) is 26.2 Å². The lowest BCUT2D eigenvalue weighted by Gasteiger charge is -2.11. The molecule has 2 aromatic carbocycles. The van der Waals surface area contributed by atoms with E-state index in [-0.39, 0.29) is 11.8 Å². The van der Waals surface area contributed by atoms with Crippen molar-refractivity contribution in [3.8, 4) is 5.75 Å². The van der Waals surface area contributed by atoms with Gasteiger partial charge in [-0.25, -0.2) is 0 Å². The van der Waals surface area contributed by atoms with Crippen molar-refractivity contribution >= 4 is 29.1 Å². The molecule has 0 unspecified atom stereocenters. The zero-order valence-electron chi connectivity index (χ0n) is 13.5. The highest BCUT2D eigenvalue weighted by atomic mass is 32.2. The van der Waals surface area contributed by atoms with Gasteiger partial charge in [-0.1, -0.05) is 42.1 Å². The Labute approximate surface area is 145 Å². The number of amides is 2. The van der Waals surface area contributed by atoms with E-state index >= 15 is 0 Å². The summed E-state index contributed by atoms with van der Waals surface area (Å²) in [5, 5.41) is 0. The third-order valence-corrected chi connectivity index (χ3v) is 4.87. The minimum Gasteiger partial charge on any atom is -0.497 e. The predicted octanol–water partition coefficient (Wildman–Crippen LogP) is 3.59. The van der Waals surface area contributed by atoms with Gasteiger partial charge in [-0.2, -0.15) is 0 Å². The fraction of sp³-hybridized carbons (Fsp3) is 0.158. The van der Waals surface area contributed by atoms with Gasteiger partial charge in [-0.15, -0.1) is 0 Å². The molecule has 2 aromatic rings. The number of ether oxygens (including phenoxy) is 1. The first-order chi connectivity index (χ1) is 11.7. The predicted molar refractivity (Wildman–Crippen MR) is 94.6 cm³/mol. The molecule has 4 nitrogen and oxygen atoms in total. The number of carbonyl (C=O) groups excluding carboxylic acids is 2. The second-order valence-corrected chi connectivity index (χ2v) is 6.29. The summed E-state index contributed by atoms with van der Waals surface area (Å²) in [5.74, 6) is 0.231. The summed E-state index contributed by atoms with van der Waals surface area (Å²) in [6.45, 7) is 2.16. The smallest absolute Gasteiger partial charge is 0.268 e. The molecule has 24 heavy (non-hydrogen) atoms. The van der Waals surface area contributed by atoms with E-state index in [2.05, 4.69) is 0 Å². The molecule has 5 heteroatoms. The Hall–Kier alpha value is -2.53. The fourth-order valence-corrected chi connectivity index (χ4v) is 3.59. The number of likely N-dealkylation sites (N-methyl/N-ethyl adjacent to an activating group) is 1. The van der Waals surface area contributed by atoms with Crippen molar-refractivity contribution in [2.45, 2.75) is 11.8 Å². The third-order valence-electron chi connectivity index (χ3n) is 3.78. The highest BCUT2D eigenvalue weighted by molar-refractivity contribution is 8.04. The molecule has 1 aliphatic rings. The van der Waals surface area contributed by atoms with E-state index in [0.717, 1.165) is 10.5 Å². The Morgan fingerprint density at radius 2 is 1.62 bits per heavy atom. The van der Waals surface area contributed by atoms with Crippen LogP contribution in [0.5, 0.6) is 5.75 Å². The summed E-state index contributed by atoms with van der Waals surface area (Å²) in [6.07, 6.45) is 0. The monoisotopic (exact) mass is 339 g/mol. The minimum absolute atomic E-state index is 0.234. The first-order valence-corrected chi connectivity index (χ1v) is 8.45. The molecule has 0 aliphatic carbocycles. The SMILES string of the molecule is CCN1C(=O)C(Sc2ccccc2)=C(c2ccc(OC)cc2)C1=O. The van der Waals surface area contributed by atoms with Gasteiger partial charge in [0.1, 0.15) is 5.75 Å². The van der Waals surface area contributed by atoms with Crippen LogP contribution in [0.15, 0.2) is 64.4 Å².